The molecule has 0 aliphatic carbocycles. The molecule has 0 radical (unpaired) electrons. The third kappa shape index (κ3) is 17.7. The fraction of sp³-hybridized carbons (Fsp3) is 0.857. The molecule has 0 aromatic carbocycles. The lowest BCUT2D eigenvalue weighted by molar-refractivity contribution is -0.143. The van der Waals surface area contributed by atoms with Crippen molar-refractivity contribution < 1.29 is 18.3 Å². The van der Waals surface area contributed by atoms with Crippen molar-refractivity contribution in [2.24, 2.45) is 5.41 Å². The van der Waals surface area contributed by atoms with E-state index in [-0.39, 0.29) is 19.0 Å². The van der Waals surface area contributed by atoms with Gasteiger partial charge in [0.1, 0.15) is 0 Å². The topological polar surface area (TPSA) is 26.3 Å². The third-order valence-electron chi connectivity index (χ3n) is 4.08. The molecule has 25 heavy (non-hydrogen) atoms. The molecule has 0 bridgehead atoms. The first-order chi connectivity index (χ1) is 11.7. The van der Waals surface area contributed by atoms with Crippen molar-refractivity contribution in [3.63, 3.8) is 0 Å². The Labute approximate surface area is 153 Å². The minimum Gasteiger partial charge on any atom is -0.465 e. The molecule has 0 aliphatic heterocycles. The number of esters is 1. The fourth-order valence-electron chi connectivity index (χ4n) is 2.52. The van der Waals surface area contributed by atoms with Gasteiger partial charge in [-0.2, -0.15) is 0 Å². The van der Waals surface area contributed by atoms with Crippen LogP contribution in [0.5, 0.6) is 0 Å². The molecule has 0 aliphatic rings. The van der Waals surface area contributed by atoms with Gasteiger partial charge in [0, 0.05) is 12.8 Å². The summed E-state index contributed by atoms with van der Waals surface area (Å²) >= 11 is 0. The first-order valence-corrected chi connectivity index (χ1v) is 9.87. The van der Waals surface area contributed by atoms with E-state index in [1.165, 1.54) is 25.3 Å². The highest BCUT2D eigenvalue weighted by molar-refractivity contribution is 5.69. The Morgan fingerprint density at radius 3 is 2.24 bits per heavy atom. The number of hydrogen-bond donors (Lipinski definition) is 0. The van der Waals surface area contributed by atoms with E-state index in [4.69, 9.17) is 4.74 Å². The Balaban J connectivity index is 3.56. The molecule has 0 N–H and O–H groups in total. The minimum atomic E-state index is -2.74. The zero-order valence-corrected chi connectivity index (χ0v) is 16.7. The molecule has 0 fully saturated rings. The Hall–Kier alpha value is -0.930. The fourth-order valence-corrected chi connectivity index (χ4v) is 2.52. The first kappa shape index (κ1) is 24.1. The van der Waals surface area contributed by atoms with Gasteiger partial charge in [-0.05, 0) is 37.2 Å². The summed E-state index contributed by atoms with van der Waals surface area (Å²) in [5, 5.41) is 0. The van der Waals surface area contributed by atoms with Crippen LogP contribution in [0.1, 0.15) is 98.3 Å². The van der Waals surface area contributed by atoms with E-state index in [1.807, 2.05) is 6.92 Å². The molecule has 2 nitrogen and oxygen atoms in total. The highest BCUT2D eigenvalue weighted by Gasteiger charge is 2.23. The molecule has 0 rings (SSSR count). The molecule has 0 saturated heterocycles. The van der Waals surface area contributed by atoms with E-state index in [1.54, 1.807) is 0 Å². The number of ether oxygens (including phenoxy) is 1. The lowest BCUT2D eigenvalue weighted by atomic mass is 9.89. The summed E-state index contributed by atoms with van der Waals surface area (Å²) in [6, 6.07) is 0. The van der Waals surface area contributed by atoms with Gasteiger partial charge in [-0.3, -0.25) is 4.79 Å². The molecule has 0 atom stereocenters. The number of halogens is 2. The van der Waals surface area contributed by atoms with E-state index >= 15 is 0 Å². The van der Waals surface area contributed by atoms with Crippen molar-refractivity contribution in [2.45, 2.75) is 104 Å². The van der Waals surface area contributed by atoms with E-state index in [2.05, 4.69) is 20.8 Å². The van der Waals surface area contributed by atoms with Crippen LogP contribution in [0.3, 0.4) is 0 Å². The van der Waals surface area contributed by atoms with Crippen LogP contribution in [0, 0.1) is 5.41 Å². The van der Waals surface area contributed by atoms with Gasteiger partial charge < -0.3 is 4.74 Å². The van der Waals surface area contributed by atoms with Crippen molar-refractivity contribution in [3.8, 4) is 0 Å². The zero-order valence-electron chi connectivity index (χ0n) is 16.7. The average molecular weight is 361 g/mol. The van der Waals surface area contributed by atoms with Crippen molar-refractivity contribution in [1.29, 1.82) is 0 Å². The van der Waals surface area contributed by atoms with Crippen LogP contribution in [-0.2, 0) is 9.53 Å². The third-order valence-corrected chi connectivity index (χ3v) is 4.08. The molecule has 0 amide bonds. The van der Waals surface area contributed by atoms with Crippen LogP contribution >= 0.6 is 0 Å². The lowest BCUT2D eigenvalue weighted by Crippen LogP contribution is -2.11. The monoisotopic (exact) mass is 360 g/mol. The lowest BCUT2D eigenvalue weighted by Gasteiger charge is -2.17. The van der Waals surface area contributed by atoms with Gasteiger partial charge in [-0.1, -0.05) is 65.9 Å². The second-order valence-electron chi connectivity index (χ2n) is 8.10. The Bertz CT molecular complexity index is 371. The number of alkyl halides is 2. The molecule has 0 aromatic rings. The van der Waals surface area contributed by atoms with Gasteiger partial charge in [0.05, 0.1) is 6.61 Å². The normalized spacial score (nSPS) is 12.7. The summed E-state index contributed by atoms with van der Waals surface area (Å²) in [6.45, 7) is 8.84. The summed E-state index contributed by atoms with van der Waals surface area (Å²) in [7, 11) is 0. The molecule has 148 valence electrons. The number of carbonyl (C=O) groups is 1. The van der Waals surface area contributed by atoms with Gasteiger partial charge in [0.2, 0.25) is 0 Å². The highest BCUT2D eigenvalue weighted by atomic mass is 19.3. The SMILES string of the molecule is CCCCC(F)(F)/C=C\CCOC(=O)CCCCCCCC(C)(C)C. The van der Waals surface area contributed by atoms with Crippen molar-refractivity contribution in [1.82, 2.24) is 0 Å². The maximum atomic E-state index is 13.4. The second-order valence-corrected chi connectivity index (χ2v) is 8.10. The van der Waals surface area contributed by atoms with Crippen molar-refractivity contribution in [2.75, 3.05) is 6.61 Å². The van der Waals surface area contributed by atoms with Gasteiger partial charge in [0.25, 0.3) is 5.92 Å². The highest BCUT2D eigenvalue weighted by Crippen LogP contribution is 2.23. The minimum absolute atomic E-state index is 0.116. The number of rotatable bonds is 14. The summed E-state index contributed by atoms with van der Waals surface area (Å²) in [6.07, 6.45) is 11.0. The number of carbonyl (C=O) groups excluding carboxylic acids is 1. The second kappa shape index (κ2) is 13.3. The molecule has 0 spiro atoms. The van der Waals surface area contributed by atoms with E-state index in [0.717, 1.165) is 31.8 Å². The summed E-state index contributed by atoms with van der Waals surface area (Å²) in [4.78, 5) is 11.6. The zero-order chi connectivity index (χ0) is 19.2. The smallest absolute Gasteiger partial charge is 0.305 e. The van der Waals surface area contributed by atoms with Crippen LogP contribution in [0.15, 0.2) is 12.2 Å². The quantitative estimate of drug-likeness (QED) is 0.188. The maximum Gasteiger partial charge on any atom is 0.305 e. The average Bonchev–Trinajstić information content (AvgIpc) is 2.50. The summed E-state index contributed by atoms with van der Waals surface area (Å²) < 4.78 is 31.8. The Kier molecular flexibility index (Phi) is 12.8. The van der Waals surface area contributed by atoms with Crippen LogP contribution < -0.4 is 0 Å². The molecular weight excluding hydrogens is 322 g/mol. The number of hydrogen-bond acceptors (Lipinski definition) is 2. The van der Waals surface area contributed by atoms with Crippen molar-refractivity contribution in [3.05, 3.63) is 12.2 Å². The Morgan fingerprint density at radius 2 is 1.60 bits per heavy atom. The van der Waals surface area contributed by atoms with E-state index < -0.39 is 5.92 Å². The number of allylic oxidation sites excluding steroid dienone is 1. The van der Waals surface area contributed by atoms with Crippen LogP contribution in [-0.4, -0.2) is 18.5 Å². The predicted molar refractivity (Wildman–Crippen MR) is 101 cm³/mol. The molecule has 0 heterocycles. The van der Waals surface area contributed by atoms with Gasteiger partial charge in [-0.25, -0.2) is 8.78 Å². The van der Waals surface area contributed by atoms with Crippen molar-refractivity contribution >= 4 is 5.97 Å². The largest absolute Gasteiger partial charge is 0.465 e. The van der Waals surface area contributed by atoms with Gasteiger partial charge in [0.15, 0.2) is 0 Å². The standard InChI is InChI=1S/C21H38F2O2/c1-5-6-16-21(22,23)17-12-13-18-25-19(24)14-10-8-7-9-11-15-20(2,3)4/h12,17H,5-11,13-16,18H2,1-4H3/b17-12-. The number of unbranched alkanes of at least 4 members (excludes halogenated alkanes) is 5. The molecule has 0 saturated carbocycles. The molecule has 0 unspecified atom stereocenters. The summed E-state index contributed by atoms with van der Waals surface area (Å²) in [5.41, 5.74) is 0.401. The van der Waals surface area contributed by atoms with Crippen LogP contribution in [0.2, 0.25) is 0 Å². The first-order valence-electron chi connectivity index (χ1n) is 9.87. The van der Waals surface area contributed by atoms with Crippen LogP contribution in [0.4, 0.5) is 8.78 Å². The molecular formula is C21H38F2O2. The van der Waals surface area contributed by atoms with Gasteiger partial charge >= 0.3 is 5.97 Å². The van der Waals surface area contributed by atoms with E-state index in [9.17, 15) is 13.6 Å². The molecule has 0 aromatic heterocycles. The predicted octanol–water partition coefficient (Wildman–Crippen LogP) is 7.08. The van der Waals surface area contributed by atoms with E-state index in [0.29, 0.717) is 24.7 Å². The maximum absolute atomic E-state index is 13.4. The molecule has 4 heteroatoms. The van der Waals surface area contributed by atoms with Crippen LogP contribution in [0.25, 0.3) is 0 Å². The van der Waals surface area contributed by atoms with Gasteiger partial charge in [-0.15, -0.1) is 0 Å². The summed E-state index contributed by atoms with van der Waals surface area (Å²) in [5.74, 6) is -2.96. The Morgan fingerprint density at radius 1 is 0.960 bits per heavy atom.